The van der Waals surface area contributed by atoms with E-state index < -0.39 is 0 Å². The molecule has 1 aliphatic rings. The molecule has 2 aromatic heterocycles. The van der Waals surface area contributed by atoms with Crippen LogP contribution in [0.3, 0.4) is 0 Å². The molecule has 1 aliphatic heterocycles. The van der Waals surface area contributed by atoms with Gasteiger partial charge in [-0.1, -0.05) is 0 Å². The molecule has 0 saturated carbocycles. The fraction of sp³-hybridized carbons (Fsp3) is 0.462. The molecule has 1 atom stereocenters. The lowest BCUT2D eigenvalue weighted by Crippen LogP contribution is -2.39. The summed E-state index contributed by atoms with van der Waals surface area (Å²) in [6.07, 6.45) is 1.86. The van der Waals surface area contributed by atoms with Crippen LogP contribution in [-0.4, -0.2) is 39.1 Å². The normalized spacial score (nSPS) is 19.2. The Balaban J connectivity index is 1.75. The van der Waals surface area contributed by atoms with Crippen LogP contribution in [-0.2, 0) is 0 Å². The summed E-state index contributed by atoms with van der Waals surface area (Å²) in [4.78, 5) is 28.9. The van der Waals surface area contributed by atoms with Crippen molar-refractivity contribution in [2.75, 3.05) is 13.1 Å². The zero-order valence-electron chi connectivity index (χ0n) is 11.2. The smallest absolute Gasteiger partial charge is 0.337 e. The number of carbonyl (C=O) groups is 1. The van der Waals surface area contributed by atoms with Crippen LogP contribution in [0.4, 0.5) is 0 Å². The van der Waals surface area contributed by atoms with Gasteiger partial charge in [0.1, 0.15) is 5.82 Å². The quantitative estimate of drug-likeness (QED) is 0.879. The maximum atomic E-state index is 12.4. The van der Waals surface area contributed by atoms with Gasteiger partial charge in [0.15, 0.2) is 0 Å². The van der Waals surface area contributed by atoms with Crippen LogP contribution in [0.25, 0.3) is 0 Å². The highest BCUT2D eigenvalue weighted by Gasteiger charge is 2.27. The van der Waals surface area contributed by atoms with Crippen molar-refractivity contribution in [2.24, 2.45) is 0 Å². The molecule has 7 heteroatoms. The summed E-state index contributed by atoms with van der Waals surface area (Å²) in [5, 5.41) is 8.35. The first kappa shape index (κ1) is 13.1. The Morgan fingerprint density at radius 2 is 2.40 bits per heavy atom. The van der Waals surface area contributed by atoms with Crippen LogP contribution < -0.4 is 5.69 Å². The number of aromatic amines is 2. The molecule has 106 valence electrons. The summed E-state index contributed by atoms with van der Waals surface area (Å²) in [6.45, 7) is 3.36. The van der Waals surface area contributed by atoms with Gasteiger partial charge in [0.05, 0.1) is 4.88 Å². The minimum atomic E-state index is -0.294. The van der Waals surface area contributed by atoms with Crippen molar-refractivity contribution in [1.29, 1.82) is 0 Å². The first-order valence-corrected chi connectivity index (χ1v) is 7.50. The average molecular weight is 292 g/mol. The van der Waals surface area contributed by atoms with Crippen molar-refractivity contribution in [1.82, 2.24) is 20.1 Å². The number of nitrogens with zero attached hydrogens (tertiary/aromatic N) is 2. The summed E-state index contributed by atoms with van der Waals surface area (Å²) in [6, 6.07) is 1.92. The molecule has 2 N–H and O–H groups in total. The van der Waals surface area contributed by atoms with Gasteiger partial charge in [-0.25, -0.2) is 9.89 Å². The van der Waals surface area contributed by atoms with E-state index in [-0.39, 0.29) is 17.5 Å². The Hall–Kier alpha value is -1.89. The van der Waals surface area contributed by atoms with Crippen LogP contribution in [0.5, 0.6) is 0 Å². The number of hydrogen-bond donors (Lipinski definition) is 2. The number of rotatable bonds is 2. The van der Waals surface area contributed by atoms with Crippen LogP contribution >= 0.6 is 11.3 Å². The molecule has 0 aliphatic carbocycles. The van der Waals surface area contributed by atoms with Gasteiger partial charge in [0, 0.05) is 19.0 Å². The highest BCUT2D eigenvalue weighted by atomic mass is 32.1. The number of piperidine rings is 1. The van der Waals surface area contributed by atoms with Gasteiger partial charge in [-0.3, -0.25) is 9.78 Å². The van der Waals surface area contributed by atoms with E-state index in [9.17, 15) is 9.59 Å². The third-order valence-electron chi connectivity index (χ3n) is 3.56. The van der Waals surface area contributed by atoms with Gasteiger partial charge >= 0.3 is 5.69 Å². The maximum Gasteiger partial charge on any atom is 0.340 e. The molecule has 2 aromatic rings. The molecule has 0 spiro atoms. The van der Waals surface area contributed by atoms with Crippen molar-refractivity contribution in [3.63, 3.8) is 0 Å². The molecule has 1 unspecified atom stereocenters. The van der Waals surface area contributed by atoms with Crippen molar-refractivity contribution < 1.29 is 4.79 Å². The molecule has 1 saturated heterocycles. The molecule has 1 fully saturated rings. The van der Waals surface area contributed by atoms with E-state index in [0.717, 1.165) is 29.8 Å². The lowest BCUT2D eigenvalue weighted by Gasteiger charge is -2.31. The minimum Gasteiger partial charge on any atom is -0.337 e. The number of carbonyl (C=O) groups excluding carboxylic acids is 1. The van der Waals surface area contributed by atoms with E-state index in [4.69, 9.17) is 0 Å². The lowest BCUT2D eigenvalue weighted by molar-refractivity contribution is 0.0709. The molecule has 20 heavy (non-hydrogen) atoms. The summed E-state index contributed by atoms with van der Waals surface area (Å²) in [5.41, 5.74) is 0.820. The van der Waals surface area contributed by atoms with E-state index in [1.807, 2.05) is 23.3 Å². The first-order valence-electron chi connectivity index (χ1n) is 6.62. The number of hydrogen-bond acceptors (Lipinski definition) is 4. The van der Waals surface area contributed by atoms with Crippen molar-refractivity contribution >= 4 is 17.2 Å². The number of amides is 1. The molecule has 1 amide bonds. The second kappa shape index (κ2) is 5.24. The summed E-state index contributed by atoms with van der Waals surface area (Å²) in [5.74, 6) is 0.827. The second-order valence-electron chi connectivity index (χ2n) is 5.14. The second-order valence-corrected chi connectivity index (χ2v) is 6.05. The number of H-pyrrole nitrogens is 2. The van der Waals surface area contributed by atoms with Crippen LogP contribution in [0.15, 0.2) is 16.2 Å². The van der Waals surface area contributed by atoms with Gasteiger partial charge in [-0.05, 0) is 36.8 Å². The highest BCUT2D eigenvalue weighted by molar-refractivity contribution is 7.12. The third kappa shape index (κ3) is 2.53. The molecular formula is C13H16N4O2S. The number of aryl methyl sites for hydroxylation is 1. The topological polar surface area (TPSA) is 81.8 Å². The van der Waals surface area contributed by atoms with E-state index >= 15 is 0 Å². The zero-order valence-corrected chi connectivity index (χ0v) is 12.0. The molecule has 6 nitrogen and oxygen atoms in total. The van der Waals surface area contributed by atoms with Crippen LogP contribution in [0.1, 0.15) is 39.8 Å². The molecule has 0 bridgehead atoms. The fourth-order valence-electron chi connectivity index (χ4n) is 2.56. The number of aromatic nitrogens is 3. The maximum absolute atomic E-state index is 12.4. The Bertz CT molecular complexity index is 672. The van der Waals surface area contributed by atoms with Crippen LogP contribution in [0, 0.1) is 6.92 Å². The van der Waals surface area contributed by atoms with E-state index in [2.05, 4.69) is 15.2 Å². The standard InChI is InChI=1S/C13H16N4O2S/c1-8-5-10(20-7-8)12(18)17-4-2-3-9(6-17)11-14-13(19)16-15-11/h5,7,9H,2-4,6H2,1H3,(H2,14,15,16,19). The molecule has 0 radical (unpaired) electrons. The zero-order chi connectivity index (χ0) is 14.1. The number of nitrogens with one attached hydrogen (secondary N) is 2. The van der Waals surface area contributed by atoms with Gasteiger partial charge in [0.2, 0.25) is 0 Å². The van der Waals surface area contributed by atoms with Gasteiger partial charge < -0.3 is 4.90 Å². The molecule has 3 heterocycles. The summed E-state index contributed by atoms with van der Waals surface area (Å²) < 4.78 is 0. The molecule has 3 rings (SSSR count). The average Bonchev–Trinajstić information content (AvgIpc) is 3.07. The predicted octanol–water partition coefficient (Wildman–Crippen LogP) is 1.49. The van der Waals surface area contributed by atoms with E-state index in [1.165, 1.54) is 11.3 Å². The van der Waals surface area contributed by atoms with Crippen LogP contribution in [0.2, 0.25) is 0 Å². The number of likely N-dealkylation sites (tertiary alicyclic amines) is 1. The Labute approximate surface area is 119 Å². The van der Waals surface area contributed by atoms with Gasteiger partial charge in [-0.15, -0.1) is 11.3 Å². The largest absolute Gasteiger partial charge is 0.340 e. The molecule has 0 aromatic carbocycles. The predicted molar refractivity (Wildman–Crippen MR) is 76.1 cm³/mol. The summed E-state index contributed by atoms with van der Waals surface area (Å²) in [7, 11) is 0. The van der Waals surface area contributed by atoms with E-state index in [0.29, 0.717) is 12.4 Å². The van der Waals surface area contributed by atoms with Crippen molar-refractivity contribution in [2.45, 2.75) is 25.7 Å². The van der Waals surface area contributed by atoms with Crippen molar-refractivity contribution in [3.05, 3.63) is 38.2 Å². The Morgan fingerprint density at radius 3 is 3.05 bits per heavy atom. The summed E-state index contributed by atoms with van der Waals surface area (Å²) >= 11 is 1.48. The van der Waals surface area contributed by atoms with Gasteiger partial charge in [-0.2, -0.15) is 5.10 Å². The van der Waals surface area contributed by atoms with E-state index in [1.54, 1.807) is 0 Å². The highest BCUT2D eigenvalue weighted by Crippen LogP contribution is 2.26. The Morgan fingerprint density at radius 1 is 1.55 bits per heavy atom. The lowest BCUT2D eigenvalue weighted by atomic mass is 9.97. The molecular weight excluding hydrogens is 276 g/mol. The third-order valence-corrected chi connectivity index (χ3v) is 4.59. The fourth-order valence-corrected chi connectivity index (χ4v) is 3.43. The monoisotopic (exact) mass is 292 g/mol. The van der Waals surface area contributed by atoms with Gasteiger partial charge in [0.25, 0.3) is 5.91 Å². The Kier molecular flexibility index (Phi) is 3.43. The SMILES string of the molecule is Cc1csc(C(=O)N2CCCC(c3n[nH]c(=O)[nH]3)C2)c1. The van der Waals surface area contributed by atoms with Crippen molar-refractivity contribution in [3.8, 4) is 0 Å². The number of thiophene rings is 1. The first-order chi connectivity index (χ1) is 9.63. The minimum absolute atomic E-state index is 0.0747.